The number of amides is 2. The van der Waals surface area contributed by atoms with E-state index in [-0.39, 0.29) is 11.7 Å². The molecule has 5 heteroatoms. The summed E-state index contributed by atoms with van der Waals surface area (Å²) in [5, 5.41) is 5.32. The van der Waals surface area contributed by atoms with Gasteiger partial charge in [-0.1, -0.05) is 19.8 Å². The lowest BCUT2D eigenvalue weighted by molar-refractivity contribution is 0.232. The van der Waals surface area contributed by atoms with Crippen LogP contribution in [-0.2, 0) is 0 Å². The van der Waals surface area contributed by atoms with E-state index >= 15 is 0 Å². The molecule has 1 saturated carbocycles. The number of urea groups is 1. The molecule has 2 rings (SSSR count). The van der Waals surface area contributed by atoms with Crippen molar-refractivity contribution in [3.05, 3.63) is 29.8 Å². The van der Waals surface area contributed by atoms with Crippen molar-refractivity contribution in [1.82, 2.24) is 5.32 Å². The molecule has 104 valence electrons. The fraction of sp³-hybridized carbons (Fsp3) is 0.500. The smallest absolute Gasteiger partial charge is 0.319 e. The van der Waals surface area contributed by atoms with Crippen LogP contribution in [-0.4, -0.2) is 12.1 Å². The molecular weight excluding hydrogens is 250 g/mol. The zero-order valence-electron chi connectivity index (χ0n) is 10.9. The average Bonchev–Trinajstić information content (AvgIpc) is 2.30. The molecule has 0 spiro atoms. The molecule has 19 heavy (non-hydrogen) atoms. The highest BCUT2D eigenvalue weighted by Gasteiger charge is 2.22. The third-order valence-corrected chi connectivity index (χ3v) is 3.55. The molecule has 3 nitrogen and oxygen atoms in total. The second kappa shape index (κ2) is 5.99. The fourth-order valence-electron chi connectivity index (χ4n) is 2.49. The Labute approximate surface area is 111 Å². The van der Waals surface area contributed by atoms with Crippen molar-refractivity contribution in [1.29, 1.82) is 0 Å². The van der Waals surface area contributed by atoms with Crippen LogP contribution in [0, 0.1) is 17.6 Å². The number of carbonyl (C=O) groups excluding carboxylic acids is 1. The van der Waals surface area contributed by atoms with Crippen molar-refractivity contribution in [2.45, 2.75) is 38.6 Å². The van der Waals surface area contributed by atoms with Gasteiger partial charge < -0.3 is 10.6 Å². The number of halogens is 2. The standard InChI is InChI=1S/C14H18F2N2O/c1-9-4-2-3-5-13(9)18-14(19)17-12-7-10(15)6-11(16)8-12/h6-9,13H,2-5H2,1H3,(H2,17,18,19). The number of anilines is 1. The highest BCUT2D eigenvalue weighted by Crippen LogP contribution is 2.23. The van der Waals surface area contributed by atoms with Crippen LogP contribution in [0.1, 0.15) is 32.6 Å². The van der Waals surface area contributed by atoms with Gasteiger partial charge in [0.1, 0.15) is 11.6 Å². The van der Waals surface area contributed by atoms with E-state index in [9.17, 15) is 13.6 Å². The number of benzene rings is 1. The van der Waals surface area contributed by atoms with Crippen LogP contribution >= 0.6 is 0 Å². The SMILES string of the molecule is CC1CCCCC1NC(=O)Nc1cc(F)cc(F)c1. The molecule has 1 aromatic rings. The second-order valence-electron chi connectivity index (χ2n) is 5.12. The Morgan fingerprint density at radius 3 is 2.42 bits per heavy atom. The first-order chi connectivity index (χ1) is 9.04. The number of hydrogen-bond acceptors (Lipinski definition) is 1. The highest BCUT2D eigenvalue weighted by molar-refractivity contribution is 5.89. The van der Waals surface area contributed by atoms with Gasteiger partial charge in [0.15, 0.2) is 0 Å². The van der Waals surface area contributed by atoms with E-state index in [0.29, 0.717) is 5.92 Å². The Hall–Kier alpha value is -1.65. The molecule has 1 aliphatic rings. The van der Waals surface area contributed by atoms with E-state index in [1.165, 1.54) is 6.42 Å². The van der Waals surface area contributed by atoms with Crippen molar-refractivity contribution in [2.24, 2.45) is 5.92 Å². The van der Waals surface area contributed by atoms with Crippen molar-refractivity contribution in [3.8, 4) is 0 Å². The highest BCUT2D eigenvalue weighted by atomic mass is 19.1. The van der Waals surface area contributed by atoms with E-state index in [4.69, 9.17) is 0 Å². The Kier molecular flexibility index (Phi) is 4.35. The largest absolute Gasteiger partial charge is 0.335 e. The third kappa shape index (κ3) is 3.91. The minimum absolute atomic E-state index is 0.124. The van der Waals surface area contributed by atoms with Crippen LogP contribution < -0.4 is 10.6 Å². The molecule has 1 aliphatic carbocycles. The Morgan fingerprint density at radius 1 is 1.16 bits per heavy atom. The van der Waals surface area contributed by atoms with E-state index in [0.717, 1.165) is 37.5 Å². The molecule has 2 amide bonds. The van der Waals surface area contributed by atoms with Crippen LogP contribution in [0.4, 0.5) is 19.3 Å². The molecule has 2 unspecified atom stereocenters. The van der Waals surface area contributed by atoms with Gasteiger partial charge in [0, 0.05) is 17.8 Å². The fourth-order valence-corrected chi connectivity index (χ4v) is 2.49. The van der Waals surface area contributed by atoms with Gasteiger partial charge in [-0.25, -0.2) is 13.6 Å². The van der Waals surface area contributed by atoms with Gasteiger partial charge in [0.2, 0.25) is 0 Å². The van der Waals surface area contributed by atoms with Crippen molar-refractivity contribution in [2.75, 3.05) is 5.32 Å². The minimum Gasteiger partial charge on any atom is -0.335 e. The van der Waals surface area contributed by atoms with Crippen LogP contribution in [0.3, 0.4) is 0 Å². The van der Waals surface area contributed by atoms with Crippen molar-refractivity contribution < 1.29 is 13.6 Å². The summed E-state index contributed by atoms with van der Waals surface area (Å²) < 4.78 is 26.0. The summed E-state index contributed by atoms with van der Waals surface area (Å²) in [5.41, 5.74) is 0.124. The lowest BCUT2D eigenvalue weighted by Crippen LogP contribution is -2.43. The normalized spacial score (nSPS) is 22.9. The Morgan fingerprint density at radius 2 is 1.79 bits per heavy atom. The number of rotatable bonds is 2. The predicted molar refractivity (Wildman–Crippen MR) is 69.9 cm³/mol. The molecule has 1 aromatic carbocycles. The molecule has 0 saturated heterocycles. The first-order valence-corrected chi connectivity index (χ1v) is 6.58. The van der Waals surface area contributed by atoms with Crippen LogP contribution in [0.15, 0.2) is 18.2 Å². The molecule has 2 N–H and O–H groups in total. The summed E-state index contributed by atoms with van der Waals surface area (Å²) in [5.74, 6) is -0.980. The maximum atomic E-state index is 13.0. The monoisotopic (exact) mass is 268 g/mol. The number of carbonyl (C=O) groups is 1. The summed E-state index contributed by atoms with van der Waals surface area (Å²) in [6.07, 6.45) is 4.34. The van der Waals surface area contributed by atoms with Crippen LogP contribution in [0.2, 0.25) is 0 Å². The first-order valence-electron chi connectivity index (χ1n) is 6.58. The third-order valence-electron chi connectivity index (χ3n) is 3.55. The average molecular weight is 268 g/mol. The van der Waals surface area contributed by atoms with Crippen molar-refractivity contribution in [3.63, 3.8) is 0 Å². The molecule has 2 atom stereocenters. The Bertz CT molecular complexity index is 445. The summed E-state index contributed by atoms with van der Waals surface area (Å²) in [7, 11) is 0. The van der Waals surface area contributed by atoms with Gasteiger partial charge >= 0.3 is 6.03 Å². The van der Waals surface area contributed by atoms with E-state index < -0.39 is 17.7 Å². The summed E-state index contributed by atoms with van der Waals surface area (Å²) >= 11 is 0. The number of nitrogens with one attached hydrogen (secondary N) is 2. The Balaban J connectivity index is 1.93. The quantitative estimate of drug-likeness (QED) is 0.844. The molecule has 0 radical (unpaired) electrons. The van der Waals surface area contributed by atoms with Gasteiger partial charge in [0.25, 0.3) is 0 Å². The van der Waals surface area contributed by atoms with E-state index in [1.807, 2.05) is 0 Å². The summed E-state index contributed by atoms with van der Waals surface area (Å²) in [6, 6.07) is 2.67. The lowest BCUT2D eigenvalue weighted by atomic mass is 9.86. The van der Waals surface area contributed by atoms with Crippen LogP contribution in [0.25, 0.3) is 0 Å². The molecular formula is C14H18F2N2O. The topological polar surface area (TPSA) is 41.1 Å². The van der Waals surface area contributed by atoms with Gasteiger partial charge in [-0.05, 0) is 30.9 Å². The van der Waals surface area contributed by atoms with Gasteiger partial charge in [-0.3, -0.25) is 0 Å². The zero-order valence-corrected chi connectivity index (χ0v) is 10.9. The van der Waals surface area contributed by atoms with Gasteiger partial charge in [0.05, 0.1) is 0 Å². The predicted octanol–water partition coefficient (Wildman–Crippen LogP) is 3.67. The zero-order chi connectivity index (χ0) is 13.8. The summed E-state index contributed by atoms with van der Waals surface area (Å²) in [4.78, 5) is 11.8. The number of hydrogen-bond donors (Lipinski definition) is 2. The maximum absolute atomic E-state index is 13.0. The van der Waals surface area contributed by atoms with Crippen molar-refractivity contribution >= 4 is 11.7 Å². The molecule has 0 heterocycles. The maximum Gasteiger partial charge on any atom is 0.319 e. The molecule has 0 bridgehead atoms. The molecule has 0 aliphatic heterocycles. The second-order valence-corrected chi connectivity index (χ2v) is 5.12. The van der Waals surface area contributed by atoms with Crippen LogP contribution in [0.5, 0.6) is 0 Å². The van der Waals surface area contributed by atoms with Gasteiger partial charge in [-0.15, -0.1) is 0 Å². The van der Waals surface area contributed by atoms with E-state index in [1.54, 1.807) is 0 Å². The minimum atomic E-state index is -0.707. The van der Waals surface area contributed by atoms with Gasteiger partial charge in [-0.2, -0.15) is 0 Å². The first kappa shape index (κ1) is 13.8. The summed E-state index contributed by atoms with van der Waals surface area (Å²) in [6.45, 7) is 2.10. The molecule has 1 fully saturated rings. The van der Waals surface area contributed by atoms with E-state index in [2.05, 4.69) is 17.6 Å². The molecule has 0 aromatic heterocycles. The lowest BCUT2D eigenvalue weighted by Gasteiger charge is -2.29.